The lowest BCUT2D eigenvalue weighted by molar-refractivity contribution is 0.422. The fourth-order valence-corrected chi connectivity index (χ4v) is 6.58. The van der Waals surface area contributed by atoms with E-state index in [1.165, 1.54) is 24.6 Å². The maximum atomic E-state index is 12.5. The molecule has 4 aromatic rings. The van der Waals surface area contributed by atoms with Crippen LogP contribution in [0.1, 0.15) is 11.8 Å². The van der Waals surface area contributed by atoms with Gasteiger partial charge in [0.15, 0.2) is 0 Å². The third-order valence-corrected chi connectivity index (χ3v) is 8.98. The van der Waals surface area contributed by atoms with Crippen molar-refractivity contribution in [2.45, 2.75) is 12.5 Å². The quantitative estimate of drug-likeness (QED) is 0.444. The van der Waals surface area contributed by atoms with E-state index in [4.69, 9.17) is 26.3 Å². The van der Waals surface area contributed by atoms with Crippen molar-refractivity contribution in [3.05, 3.63) is 52.6 Å². The van der Waals surface area contributed by atoms with Crippen LogP contribution in [0.25, 0.3) is 33.5 Å². The van der Waals surface area contributed by atoms with Crippen LogP contribution in [0.3, 0.4) is 0 Å². The summed E-state index contributed by atoms with van der Waals surface area (Å²) in [5.74, 6) is 0.242. The van der Waals surface area contributed by atoms with Crippen LogP contribution in [-0.2, 0) is 15.6 Å². The average Bonchev–Trinajstić information content (AvgIpc) is 3.52. The second-order valence-corrected chi connectivity index (χ2v) is 11.1. The van der Waals surface area contributed by atoms with Crippen LogP contribution in [0.15, 0.2) is 56.6 Å². The molecule has 170 valence electrons. The lowest BCUT2D eigenvalue weighted by Gasteiger charge is -2.33. The van der Waals surface area contributed by atoms with Crippen molar-refractivity contribution in [1.29, 1.82) is 0 Å². The predicted octanol–water partition coefficient (Wildman–Crippen LogP) is 3.58. The molecule has 5 rings (SSSR count). The Morgan fingerprint density at radius 1 is 1.15 bits per heavy atom. The summed E-state index contributed by atoms with van der Waals surface area (Å²) in [6.45, 7) is 1.68. The van der Waals surface area contributed by atoms with E-state index in [-0.39, 0.29) is 17.6 Å². The summed E-state index contributed by atoms with van der Waals surface area (Å²) in [4.78, 5) is 5.55. The van der Waals surface area contributed by atoms with Crippen LogP contribution >= 0.6 is 22.9 Å². The number of halogens is 1. The van der Waals surface area contributed by atoms with E-state index in [1.54, 1.807) is 19.1 Å². The lowest BCUT2D eigenvalue weighted by Crippen LogP contribution is -2.50. The van der Waals surface area contributed by atoms with Gasteiger partial charge in [0.05, 0.1) is 20.5 Å². The van der Waals surface area contributed by atoms with Crippen LogP contribution < -0.4 is 5.73 Å². The molecule has 10 nitrogen and oxygen atoms in total. The summed E-state index contributed by atoms with van der Waals surface area (Å²) in [7, 11) is -2.26. The van der Waals surface area contributed by atoms with E-state index in [9.17, 15) is 8.42 Å². The molecule has 1 atom stereocenters. The van der Waals surface area contributed by atoms with E-state index in [2.05, 4.69) is 20.3 Å². The van der Waals surface area contributed by atoms with Crippen LogP contribution in [0.5, 0.6) is 0 Å². The molecule has 0 saturated carbocycles. The SMILES string of the molecule is CN1C(N)=N[C@](C)(c2sc(-c3nnc(-c4ccc(-c5ccon5)cc4)o3)cc2Cl)CS1(=O)=O. The van der Waals surface area contributed by atoms with Gasteiger partial charge in [-0.1, -0.05) is 28.9 Å². The number of thiophene rings is 1. The Morgan fingerprint density at radius 2 is 1.85 bits per heavy atom. The minimum absolute atomic E-state index is 0.0936. The molecule has 0 aliphatic carbocycles. The second-order valence-electron chi connectivity index (χ2n) is 7.63. The highest BCUT2D eigenvalue weighted by Crippen LogP contribution is 2.44. The van der Waals surface area contributed by atoms with E-state index >= 15 is 0 Å². The Hall–Kier alpha value is -3.22. The predicted molar refractivity (Wildman–Crippen MR) is 124 cm³/mol. The van der Waals surface area contributed by atoms with Gasteiger partial charge in [-0.25, -0.2) is 17.7 Å². The van der Waals surface area contributed by atoms with Crippen molar-refractivity contribution in [2.75, 3.05) is 12.8 Å². The fourth-order valence-electron chi connectivity index (χ4n) is 3.49. The molecule has 13 heteroatoms. The third kappa shape index (κ3) is 3.79. The molecule has 0 unspecified atom stereocenters. The summed E-state index contributed by atoms with van der Waals surface area (Å²) in [6, 6.07) is 10.9. The van der Waals surface area contributed by atoms with Gasteiger partial charge in [0.1, 0.15) is 17.5 Å². The van der Waals surface area contributed by atoms with Gasteiger partial charge in [0, 0.05) is 24.2 Å². The van der Waals surface area contributed by atoms with Gasteiger partial charge in [-0.05, 0) is 25.1 Å². The number of rotatable bonds is 4. The number of sulfonamides is 1. The molecule has 2 N–H and O–H groups in total. The van der Waals surface area contributed by atoms with E-state index in [0.29, 0.717) is 20.7 Å². The van der Waals surface area contributed by atoms with Crippen molar-refractivity contribution in [2.24, 2.45) is 10.7 Å². The highest BCUT2D eigenvalue weighted by molar-refractivity contribution is 7.89. The van der Waals surface area contributed by atoms with Gasteiger partial charge in [-0.2, -0.15) is 0 Å². The van der Waals surface area contributed by atoms with Crippen LogP contribution in [-0.4, -0.2) is 46.8 Å². The summed E-state index contributed by atoms with van der Waals surface area (Å²) in [6.07, 6.45) is 1.51. The number of aromatic nitrogens is 3. The first-order valence-corrected chi connectivity index (χ1v) is 12.4. The number of guanidine groups is 1. The minimum atomic E-state index is -3.63. The first-order valence-electron chi connectivity index (χ1n) is 9.63. The normalized spacial score (nSPS) is 20.1. The monoisotopic (exact) mass is 504 g/mol. The Kier molecular flexibility index (Phi) is 5.03. The molecule has 4 heterocycles. The van der Waals surface area contributed by atoms with Crippen molar-refractivity contribution in [1.82, 2.24) is 19.7 Å². The molecule has 0 amide bonds. The number of benzene rings is 1. The summed E-state index contributed by atoms with van der Waals surface area (Å²) < 4.78 is 36.7. The van der Waals surface area contributed by atoms with Gasteiger partial charge < -0.3 is 14.7 Å². The Labute approximate surface area is 197 Å². The highest BCUT2D eigenvalue weighted by atomic mass is 35.5. The molecular formula is C20H17ClN6O4S2. The average molecular weight is 505 g/mol. The molecule has 0 spiro atoms. The zero-order chi connectivity index (χ0) is 23.4. The summed E-state index contributed by atoms with van der Waals surface area (Å²) >= 11 is 7.71. The van der Waals surface area contributed by atoms with Crippen molar-refractivity contribution in [3.8, 4) is 33.5 Å². The number of hydrogen-bond acceptors (Lipinski definition) is 10. The summed E-state index contributed by atoms with van der Waals surface area (Å²) in [5, 5.41) is 12.5. The standard InChI is InChI=1S/C20H17ClN6O4S2/c1-20(10-33(28,29)27(2)19(22)23-20)16-13(21)9-15(32-16)18-25-24-17(31-18)12-5-3-11(4-6-12)14-7-8-30-26-14/h3-9H,10H2,1-2H3,(H2,22,23)/t20-/m0/s1. The second kappa shape index (κ2) is 7.68. The third-order valence-electron chi connectivity index (χ3n) is 5.24. The Bertz CT molecular complexity index is 1460. The van der Waals surface area contributed by atoms with E-state index in [0.717, 1.165) is 21.1 Å². The zero-order valence-electron chi connectivity index (χ0n) is 17.4. The molecule has 0 bridgehead atoms. The fraction of sp³-hybridized carbons (Fsp3) is 0.200. The number of nitrogens with two attached hydrogens (primary N) is 1. The van der Waals surface area contributed by atoms with Gasteiger partial charge in [-0.3, -0.25) is 0 Å². The zero-order valence-corrected chi connectivity index (χ0v) is 19.8. The summed E-state index contributed by atoms with van der Waals surface area (Å²) in [5.41, 5.74) is 7.07. The molecule has 0 fully saturated rings. The largest absolute Gasteiger partial charge is 0.415 e. The van der Waals surface area contributed by atoms with Gasteiger partial charge in [-0.15, -0.1) is 21.5 Å². The van der Waals surface area contributed by atoms with Gasteiger partial charge >= 0.3 is 0 Å². The minimum Gasteiger partial charge on any atom is -0.415 e. The van der Waals surface area contributed by atoms with Crippen LogP contribution in [0.2, 0.25) is 5.02 Å². The number of hydrogen-bond donors (Lipinski definition) is 1. The highest BCUT2D eigenvalue weighted by Gasteiger charge is 2.42. The van der Waals surface area contributed by atoms with Crippen molar-refractivity contribution in [3.63, 3.8) is 0 Å². The number of aliphatic imine (C=N–C) groups is 1. The smallest absolute Gasteiger partial charge is 0.258 e. The Morgan fingerprint density at radius 3 is 2.52 bits per heavy atom. The van der Waals surface area contributed by atoms with E-state index < -0.39 is 15.6 Å². The Balaban J connectivity index is 1.45. The molecule has 3 aromatic heterocycles. The molecular weight excluding hydrogens is 488 g/mol. The molecule has 33 heavy (non-hydrogen) atoms. The van der Waals surface area contributed by atoms with Crippen LogP contribution in [0.4, 0.5) is 0 Å². The van der Waals surface area contributed by atoms with E-state index in [1.807, 2.05) is 24.3 Å². The van der Waals surface area contributed by atoms with Gasteiger partial charge in [0.2, 0.25) is 21.9 Å². The maximum Gasteiger partial charge on any atom is 0.258 e. The van der Waals surface area contributed by atoms with Crippen molar-refractivity contribution >= 4 is 38.9 Å². The molecule has 0 saturated heterocycles. The van der Waals surface area contributed by atoms with Crippen LogP contribution in [0, 0.1) is 0 Å². The molecule has 1 aromatic carbocycles. The lowest BCUT2D eigenvalue weighted by atomic mass is 10.0. The molecule has 1 aliphatic heterocycles. The maximum absolute atomic E-state index is 12.5. The first kappa shape index (κ1) is 21.6. The first-order chi connectivity index (χ1) is 15.7. The topological polar surface area (TPSA) is 141 Å². The molecule has 1 aliphatic rings. The number of nitrogens with zero attached hydrogens (tertiary/aromatic N) is 5. The van der Waals surface area contributed by atoms with Gasteiger partial charge in [0.25, 0.3) is 5.89 Å². The molecule has 0 radical (unpaired) electrons. The van der Waals surface area contributed by atoms with Crippen molar-refractivity contribution < 1.29 is 17.4 Å².